The van der Waals surface area contributed by atoms with Gasteiger partial charge in [-0.15, -0.1) is 0 Å². The second kappa shape index (κ2) is 7.65. The van der Waals surface area contributed by atoms with Crippen LogP contribution in [-0.4, -0.2) is 21.9 Å². The van der Waals surface area contributed by atoms with E-state index < -0.39 is 23.4 Å². The fourth-order valence-electron chi connectivity index (χ4n) is 2.71. The van der Waals surface area contributed by atoms with Crippen LogP contribution >= 0.6 is 0 Å². The molecule has 140 valence electrons. The summed E-state index contributed by atoms with van der Waals surface area (Å²) in [6, 6.07) is 12.1. The van der Waals surface area contributed by atoms with Gasteiger partial charge < -0.3 is 9.30 Å². The number of imidazole rings is 1. The largest absolute Gasteiger partial charge is 0.486 e. The zero-order valence-corrected chi connectivity index (χ0v) is 14.5. The highest BCUT2D eigenvalue weighted by Crippen LogP contribution is 2.35. The van der Waals surface area contributed by atoms with Crippen LogP contribution in [0.5, 0.6) is 5.75 Å². The summed E-state index contributed by atoms with van der Waals surface area (Å²) in [4.78, 5) is 16.3. The number of aromatic nitrogens is 2. The molecule has 0 amide bonds. The molecule has 0 aliphatic carbocycles. The van der Waals surface area contributed by atoms with Gasteiger partial charge in [0.25, 0.3) is 0 Å². The van der Waals surface area contributed by atoms with Gasteiger partial charge in [-0.1, -0.05) is 25.1 Å². The minimum absolute atomic E-state index is 0.0472. The van der Waals surface area contributed by atoms with Gasteiger partial charge in [0, 0.05) is 24.0 Å². The number of benzene rings is 2. The van der Waals surface area contributed by atoms with E-state index in [2.05, 4.69) is 4.98 Å². The van der Waals surface area contributed by atoms with Crippen molar-refractivity contribution in [2.75, 3.05) is 6.61 Å². The molecule has 7 heteroatoms. The molecule has 0 N–H and O–H groups in total. The number of rotatable bonds is 6. The first kappa shape index (κ1) is 18.7. The van der Waals surface area contributed by atoms with E-state index in [9.17, 15) is 18.0 Å². The summed E-state index contributed by atoms with van der Waals surface area (Å²) in [5.41, 5.74) is 0.0308. The fraction of sp³-hybridized carbons (Fsp3) is 0.200. The van der Waals surface area contributed by atoms with Gasteiger partial charge in [0.05, 0.1) is 11.9 Å². The molecule has 1 aromatic heterocycles. The lowest BCUT2D eigenvalue weighted by molar-refractivity contribution is -0.138. The average Bonchev–Trinajstić information content (AvgIpc) is 3.20. The first-order chi connectivity index (χ1) is 12.9. The highest BCUT2D eigenvalue weighted by molar-refractivity contribution is 5.87. The Hall–Kier alpha value is -3.09. The quantitative estimate of drug-likeness (QED) is 0.631. The van der Waals surface area contributed by atoms with E-state index >= 15 is 0 Å². The third kappa shape index (κ3) is 4.36. The molecule has 0 saturated heterocycles. The van der Waals surface area contributed by atoms with E-state index in [4.69, 9.17) is 4.74 Å². The van der Waals surface area contributed by atoms with E-state index in [-0.39, 0.29) is 12.2 Å². The molecule has 0 aliphatic rings. The third-order valence-corrected chi connectivity index (χ3v) is 4.24. The topological polar surface area (TPSA) is 44.1 Å². The van der Waals surface area contributed by atoms with Crippen LogP contribution in [0.4, 0.5) is 13.2 Å². The number of nitrogens with zero attached hydrogens (tertiary/aromatic N) is 2. The maximum absolute atomic E-state index is 13.1. The van der Waals surface area contributed by atoms with Crippen molar-refractivity contribution < 1.29 is 22.7 Å². The van der Waals surface area contributed by atoms with Gasteiger partial charge in [0.15, 0.2) is 5.78 Å². The number of carbonyl (C=O) groups is 1. The monoisotopic (exact) mass is 374 g/mol. The maximum atomic E-state index is 13.1. The Balaban J connectivity index is 1.66. The molecular weight excluding hydrogens is 357 g/mol. The predicted molar refractivity (Wildman–Crippen MR) is 93.9 cm³/mol. The van der Waals surface area contributed by atoms with Gasteiger partial charge in [-0.05, 0) is 35.9 Å². The molecule has 1 heterocycles. The Kier molecular flexibility index (Phi) is 5.30. The van der Waals surface area contributed by atoms with Crippen LogP contribution in [0.15, 0.2) is 67.3 Å². The lowest BCUT2D eigenvalue weighted by Gasteiger charge is -2.17. The number of Topliss-reactive ketones (excluding diaryl/α,β-unsaturated/α-hetero) is 1. The molecule has 0 radical (unpaired) electrons. The lowest BCUT2D eigenvalue weighted by atomic mass is 9.92. The van der Waals surface area contributed by atoms with Crippen molar-refractivity contribution in [2.45, 2.75) is 19.0 Å². The molecule has 0 spiro atoms. The van der Waals surface area contributed by atoms with Crippen molar-refractivity contribution in [1.29, 1.82) is 0 Å². The fourth-order valence-corrected chi connectivity index (χ4v) is 2.71. The van der Waals surface area contributed by atoms with E-state index in [1.807, 2.05) is 4.57 Å². The Labute approximate surface area is 154 Å². The highest BCUT2D eigenvalue weighted by atomic mass is 19.4. The van der Waals surface area contributed by atoms with Crippen molar-refractivity contribution in [3.63, 3.8) is 0 Å². The van der Waals surface area contributed by atoms with Crippen LogP contribution in [0.1, 0.15) is 24.0 Å². The predicted octanol–water partition coefficient (Wildman–Crippen LogP) is 4.64. The number of ketones is 1. The van der Waals surface area contributed by atoms with Crippen LogP contribution < -0.4 is 4.74 Å². The molecule has 27 heavy (non-hydrogen) atoms. The normalized spacial score (nSPS) is 12.6. The molecule has 0 aliphatic heterocycles. The number of alkyl halides is 3. The standard InChI is InChI=1S/C20H17F3N2O2/c1-14(17-4-2-3-5-18(17)20(21,22)23)19(26)12-27-16-8-6-15(7-9-16)25-11-10-24-13-25/h2-11,13-14H,12H2,1H3. The minimum Gasteiger partial charge on any atom is -0.486 e. The number of halogens is 3. The summed E-state index contributed by atoms with van der Waals surface area (Å²) in [7, 11) is 0. The van der Waals surface area contributed by atoms with Gasteiger partial charge in [-0.3, -0.25) is 4.79 Å². The van der Waals surface area contributed by atoms with E-state index in [1.165, 1.54) is 25.1 Å². The molecule has 0 fully saturated rings. The van der Waals surface area contributed by atoms with Crippen LogP contribution in [0.2, 0.25) is 0 Å². The van der Waals surface area contributed by atoms with Gasteiger partial charge in [0.1, 0.15) is 12.4 Å². The first-order valence-electron chi connectivity index (χ1n) is 8.26. The van der Waals surface area contributed by atoms with Crippen LogP contribution in [0.25, 0.3) is 5.69 Å². The Bertz CT molecular complexity index is 904. The van der Waals surface area contributed by atoms with Crippen molar-refractivity contribution in [3.8, 4) is 11.4 Å². The highest BCUT2D eigenvalue weighted by Gasteiger charge is 2.35. The molecular formula is C20H17F3N2O2. The lowest BCUT2D eigenvalue weighted by Crippen LogP contribution is -2.21. The summed E-state index contributed by atoms with van der Waals surface area (Å²) >= 11 is 0. The zero-order chi connectivity index (χ0) is 19.4. The van der Waals surface area contributed by atoms with E-state index in [0.29, 0.717) is 5.75 Å². The molecule has 0 bridgehead atoms. The van der Waals surface area contributed by atoms with Crippen molar-refractivity contribution >= 4 is 5.78 Å². The van der Waals surface area contributed by atoms with Crippen molar-refractivity contribution in [1.82, 2.24) is 9.55 Å². The summed E-state index contributed by atoms with van der Waals surface area (Å²) in [6.07, 6.45) is 0.594. The number of carbonyl (C=O) groups excluding carboxylic acids is 1. The van der Waals surface area contributed by atoms with E-state index in [0.717, 1.165) is 11.8 Å². The molecule has 4 nitrogen and oxygen atoms in total. The number of ether oxygens (including phenoxy) is 1. The third-order valence-electron chi connectivity index (χ3n) is 4.24. The number of hydrogen-bond donors (Lipinski definition) is 0. The summed E-state index contributed by atoms with van der Waals surface area (Å²) in [6.45, 7) is 1.15. The summed E-state index contributed by atoms with van der Waals surface area (Å²) < 4.78 is 46.6. The summed E-state index contributed by atoms with van der Waals surface area (Å²) in [5.74, 6) is -0.887. The Morgan fingerprint density at radius 1 is 1.15 bits per heavy atom. The maximum Gasteiger partial charge on any atom is 0.416 e. The second-order valence-corrected chi connectivity index (χ2v) is 6.03. The van der Waals surface area contributed by atoms with Crippen LogP contribution in [0, 0.1) is 0 Å². The van der Waals surface area contributed by atoms with Crippen molar-refractivity contribution in [3.05, 3.63) is 78.4 Å². The molecule has 1 unspecified atom stereocenters. The number of hydrogen-bond acceptors (Lipinski definition) is 3. The first-order valence-corrected chi connectivity index (χ1v) is 8.26. The van der Waals surface area contributed by atoms with Gasteiger partial charge >= 0.3 is 6.18 Å². The summed E-state index contributed by atoms with van der Waals surface area (Å²) in [5, 5.41) is 0. The SMILES string of the molecule is CC(C(=O)COc1ccc(-n2ccnc2)cc1)c1ccccc1C(F)(F)F. The molecule has 3 rings (SSSR count). The molecule has 0 saturated carbocycles. The molecule has 3 aromatic rings. The average molecular weight is 374 g/mol. The van der Waals surface area contributed by atoms with Crippen molar-refractivity contribution in [2.24, 2.45) is 0 Å². The Morgan fingerprint density at radius 3 is 2.48 bits per heavy atom. The van der Waals surface area contributed by atoms with Gasteiger partial charge in [-0.2, -0.15) is 13.2 Å². The second-order valence-electron chi connectivity index (χ2n) is 6.03. The Morgan fingerprint density at radius 2 is 1.85 bits per heavy atom. The van der Waals surface area contributed by atoms with Gasteiger partial charge in [-0.25, -0.2) is 4.98 Å². The van der Waals surface area contributed by atoms with Crippen LogP contribution in [0.3, 0.4) is 0 Å². The molecule has 1 atom stereocenters. The van der Waals surface area contributed by atoms with E-state index in [1.54, 1.807) is 43.0 Å². The smallest absolute Gasteiger partial charge is 0.416 e. The minimum atomic E-state index is -4.50. The zero-order valence-electron chi connectivity index (χ0n) is 14.5. The molecule has 2 aromatic carbocycles. The van der Waals surface area contributed by atoms with Gasteiger partial charge in [0.2, 0.25) is 0 Å². The van der Waals surface area contributed by atoms with Crippen LogP contribution in [-0.2, 0) is 11.0 Å².